The number of hydrogen-bond acceptors (Lipinski definition) is 2. The molecular weight excluding hydrogens is 346 g/mol. The lowest BCUT2D eigenvalue weighted by Crippen LogP contribution is -2.24. The lowest BCUT2D eigenvalue weighted by atomic mass is 10.2. The highest BCUT2D eigenvalue weighted by Crippen LogP contribution is 2.20. The third-order valence-electron chi connectivity index (χ3n) is 3.18. The van der Waals surface area contributed by atoms with Gasteiger partial charge in [0.15, 0.2) is 9.92 Å². The Kier molecular flexibility index (Phi) is 6.23. The molecule has 0 aliphatic heterocycles. The second-order valence-electron chi connectivity index (χ2n) is 5.27. The van der Waals surface area contributed by atoms with Gasteiger partial charge in [-0.25, -0.2) is 9.00 Å². The molecule has 1 unspecified atom stereocenters. The standard InChI is InChI=1S/C17H20ClN3O2S/c1-3-12-19-17(22)21-24(23,16-10-4-13(2)5-11-16)20-15-8-6-14(18)7-9-15/h4-11H,3,12H2,1-2H3,(H2,19,20,21,22,23). The fraction of sp³-hybridized carbons (Fsp3) is 0.235. The monoisotopic (exact) mass is 365 g/mol. The lowest BCUT2D eigenvalue weighted by Gasteiger charge is -2.14. The Labute approximate surface area is 147 Å². The van der Waals surface area contributed by atoms with Crippen LogP contribution in [0.3, 0.4) is 0 Å². The summed E-state index contributed by atoms with van der Waals surface area (Å²) in [7, 11) is -3.16. The van der Waals surface area contributed by atoms with E-state index in [1.807, 2.05) is 26.0 Å². The molecule has 24 heavy (non-hydrogen) atoms. The van der Waals surface area contributed by atoms with E-state index in [1.165, 1.54) is 0 Å². The summed E-state index contributed by atoms with van der Waals surface area (Å²) < 4.78 is 20.1. The average Bonchev–Trinajstić information content (AvgIpc) is 2.55. The van der Waals surface area contributed by atoms with Gasteiger partial charge in [0.25, 0.3) is 0 Å². The number of carbonyl (C=O) groups is 1. The molecule has 5 nitrogen and oxygen atoms in total. The quantitative estimate of drug-likeness (QED) is 0.811. The van der Waals surface area contributed by atoms with E-state index < -0.39 is 15.9 Å². The van der Waals surface area contributed by atoms with Crippen LogP contribution in [0.1, 0.15) is 18.9 Å². The van der Waals surface area contributed by atoms with Crippen molar-refractivity contribution in [2.24, 2.45) is 4.36 Å². The van der Waals surface area contributed by atoms with Gasteiger partial charge in [-0.3, -0.25) is 4.72 Å². The van der Waals surface area contributed by atoms with Crippen LogP contribution in [0.15, 0.2) is 57.8 Å². The SMILES string of the molecule is CCCNC(=O)N=S(=O)(Nc1ccc(Cl)cc1)c1ccc(C)cc1. The molecule has 2 rings (SSSR count). The third kappa shape index (κ3) is 4.97. The topological polar surface area (TPSA) is 70.6 Å². The molecule has 0 fully saturated rings. The van der Waals surface area contributed by atoms with Crippen LogP contribution in [-0.2, 0) is 9.92 Å². The molecule has 0 radical (unpaired) electrons. The van der Waals surface area contributed by atoms with Crippen molar-refractivity contribution in [1.82, 2.24) is 5.32 Å². The number of nitrogens with zero attached hydrogens (tertiary/aromatic N) is 1. The second kappa shape index (κ2) is 8.17. The van der Waals surface area contributed by atoms with Gasteiger partial charge in [0, 0.05) is 17.3 Å². The van der Waals surface area contributed by atoms with E-state index in [4.69, 9.17) is 11.6 Å². The van der Waals surface area contributed by atoms with Crippen molar-refractivity contribution in [3.8, 4) is 0 Å². The van der Waals surface area contributed by atoms with Gasteiger partial charge >= 0.3 is 6.03 Å². The normalized spacial score (nSPS) is 13.0. The molecule has 0 aliphatic carbocycles. The Balaban J connectivity index is 2.42. The molecule has 2 N–H and O–H groups in total. The maximum absolute atomic E-state index is 13.4. The van der Waals surface area contributed by atoms with Gasteiger partial charge in [0.2, 0.25) is 0 Å². The van der Waals surface area contributed by atoms with Gasteiger partial charge in [-0.2, -0.15) is 0 Å². The molecule has 1 atom stereocenters. The van der Waals surface area contributed by atoms with Gasteiger partial charge in [0.1, 0.15) is 0 Å². The Morgan fingerprint density at radius 2 is 1.75 bits per heavy atom. The molecule has 7 heteroatoms. The second-order valence-corrected chi connectivity index (χ2v) is 7.62. The van der Waals surface area contributed by atoms with Crippen LogP contribution in [0.4, 0.5) is 10.5 Å². The first-order valence-electron chi connectivity index (χ1n) is 7.58. The number of carbonyl (C=O) groups excluding carboxylic acids is 1. The van der Waals surface area contributed by atoms with Gasteiger partial charge in [0.05, 0.1) is 4.90 Å². The minimum absolute atomic E-state index is 0.440. The first-order valence-corrected chi connectivity index (χ1v) is 9.47. The molecule has 0 heterocycles. The van der Waals surface area contributed by atoms with E-state index in [-0.39, 0.29) is 0 Å². The number of amides is 2. The molecule has 2 aromatic rings. The molecule has 128 valence electrons. The molecule has 0 saturated heterocycles. The highest BCUT2D eigenvalue weighted by atomic mass is 35.5. The first kappa shape index (κ1) is 18.3. The Bertz CT molecular complexity index is 811. The van der Waals surface area contributed by atoms with Crippen LogP contribution in [0.5, 0.6) is 0 Å². The van der Waals surface area contributed by atoms with Crippen molar-refractivity contribution < 1.29 is 9.00 Å². The molecule has 0 saturated carbocycles. The van der Waals surface area contributed by atoms with Gasteiger partial charge in [-0.1, -0.05) is 36.2 Å². The zero-order valence-corrected chi connectivity index (χ0v) is 15.2. The third-order valence-corrected chi connectivity index (χ3v) is 5.28. The Hall–Kier alpha value is -2.05. The van der Waals surface area contributed by atoms with Crippen LogP contribution in [0.25, 0.3) is 0 Å². The van der Waals surface area contributed by atoms with E-state index in [2.05, 4.69) is 14.4 Å². The van der Waals surface area contributed by atoms with E-state index in [9.17, 15) is 9.00 Å². The predicted molar refractivity (Wildman–Crippen MR) is 98.8 cm³/mol. The maximum atomic E-state index is 13.4. The molecular formula is C17H20ClN3O2S. The van der Waals surface area contributed by atoms with Crippen LogP contribution in [0, 0.1) is 6.92 Å². The fourth-order valence-electron chi connectivity index (χ4n) is 1.92. The van der Waals surface area contributed by atoms with E-state index in [0.29, 0.717) is 22.2 Å². The number of aryl methyl sites for hydroxylation is 1. The fourth-order valence-corrected chi connectivity index (χ4v) is 3.57. The van der Waals surface area contributed by atoms with Crippen molar-refractivity contribution in [2.75, 3.05) is 11.3 Å². The van der Waals surface area contributed by atoms with Crippen LogP contribution >= 0.6 is 11.6 Å². The summed E-state index contributed by atoms with van der Waals surface area (Å²) in [6.07, 6.45) is 0.775. The van der Waals surface area contributed by atoms with Gasteiger partial charge in [-0.05, 0) is 49.7 Å². The van der Waals surface area contributed by atoms with Gasteiger partial charge < -0.3 is 5.32 Å². The van der Waals surface area contributed by atoms with Crippen molar-refractivity contribution in [3.05, 3.63) is 59.1 Å². The number of urea groups is 1. The Morgan fingerprint density at radius 3 is 2.33 bits per heavy atom. The maximum Gasteiger partial charge on any atom is 0.350 e. The van der Waals surface area contributed by atoms with Gasteiger partial charge in [-0.15, -0.1) is 4.36 Å². The van der Waals surface area contributed by atoms with Crippen molar-refractivity contribution in [2.45, 2.75) is 25.2 Å². The minimum atomic E-state index is -3.16. The van der Waals surface area contributed by atoms with E-state index in [0.717, 1.165) is 12.0 Å². The zero-order chi connectivity index (χ0) is 17.6. The number of halogens is 1. The molecule has 2 aromatic carbocycles. The summed E-state index contributed by atoms with van der Waals surface area (Å²) in [5.74, 6) is 0. The largest absolute Gasteiger partial charge is 0.350 e. The molecule has 0 aliphatic rings. The zero-order valence-electron chi connectivity index (χ0n) is 13.6. The molecule has 0 spiro atoms. The van der Waals surface area contributed by atoms with Crippen LogP contribution < -0.4 is 10.0 Å². The van der Waals surface area contributed by atoms with Crippen molar-refractivity contribution >= 4 is 33.2 Å². The predicted octanol–water partition coefficient (Wildman–Crippen LogP) is 4.62. The highest BCUT2D eigenvalue weighted by Gasteiger charge is 2.15. The number of rotatable bonds is 5. The summed E-state index contributed by atoms with van der Waals surface area (Å²) in [6.45, 7) is 4.35. The smallest absolute Gasteiger partial charge is 0.336 e. The minimum Gasteiger partial charge on any atom is -0.336 e. The summed E-state index contributed by atoms with van der Waals surface area (Å²) in [4.78, 5) is 12.4. The van der Waals surface area contributed by atoms with E-state index >= 15 is 0 Å². The van der Waals surface area contributed by atoms with E-state index in [1.54, 1.807) is 36.4 Å². The highest BCUT2D eigenvalue weighted by molar-refractivity contribution is 7.95. The average molecular weight is 366 g/mol. The lowest BCUT2D eigenvalue weighted by molar-refractivity contribution is 0.249. The number of hydrogen-bond donors (Lipinski definition) is 2. The summed E-state index contributed by atoms with van der Waals surface area (Å²) in [5, 5.41) is 3.19. The molecule has 0 aromatic heterocycles. The first-order chi connectivity index (χ1) is 11.4. The summed E-state index contributed by atoms with van der Waals surface area (Å²) >= 11 is 5.87. The number of benzene rings is 2. The molecule has 0 bridgehead atoms. The number of nitrogens with one attached hydrogen (secondary N) is 2. The van der Waals surface area contributed by atoms with Crippen LogP contribution in [0.2, 0.25) is 5.02 Å². The summed E-state index contributed by atoms with van der Waals surface area (Å²) in [5.41, 5.74) is 1.60. The van der Waals surface area contributed by atoms with Crippen LogP contribution in [-0.4, -0.2) is 16.8 Å². The van der Waals surface area contributed by atoms with Crippen molar-refractivity contribution in [1.29, 1.82) is 0 Å². The Morgan fingerprint density at radius 1 is 1.12 bits per heavy atom. The summed E-state index contributed by atoms with van der Waals surface area (Å²) in [6, 6.07) is 13.2. The number of anilines is 1. The van der Waals surface area contributed by atoms with Crippen molar-refractivity contribution in [3.63, 3.8) is 0 Å². The molecule has 2 amide bonds.